The first kappa shape index (κ1) is 109. The molecule has 0 radical (unpaired) electrons. The number of ketones is 2. The number of aromatic amines is 4. The van der Waals surface area contributed by atoms with Gasteiger partial charge < -0.3 is 87.7 Å². The molecule has 8 atom stereocenters. The summed E-state index contributed by atoms with van der Waals surface area (Å²) in [6.45, 7) is 17.3. The number of anilines is 4. The molecule has 0 bridgehead atoms. The molecule has 0 amide bonds. The Bertz CT molecular complexity index is 6830. The lowest BCUT2D eigenvalue weighted by Gasteiger charge is -2.23. The van der Waals surface area contributed by atoms with E-state index >= 15 is 0 Å². The lowest BCUT2D eigenvalue weighted by molar-refractivity contribution is -0.145. The molecule has 12 aromatic rings. The van der Waals surface area contributed by atoms with Gasteiger partial charge in [-0.1, -0.05) is 76.1 Å². The van der Waals surface area contributed by atoms with E-state index in [4.69, 9.17) is 81.1 Å². The second-order valence-corrected chi connectivity index (χ2v) is 42.3. The lowest BCUT2D eigenvalue weighted by Crippen LogP contribution is -2.35. The van der Waals surface area contributed by atoms with Gasteiger partial charge in [0.25, 0.3) is 52.3 Å². The van der Waals surface area contributed by atoms with Gasteiger partial charge in [-0.05, 0) is 139 Å². The molecule has 0 fully saturated rings. The minimum atomic E-state index is -3.74. The van der Waals surface area contributed by atoms with Crippen molar-refractivity contribution in [2.75, 3.05) is 94.2 Å². The number of halogens is 3. The van der Waals surface area contributed by atoms with E-state index in [0.29, 0.717) is 50.8 Å². The number of carbonyl (C=O) groups is 4. The predicted octanol–water partition coefficient (Wildman–Crippen LogP) is 8.14. The Morgan fingerprint density at radius 2 is 0.759 bits per heavy atom. The van der Waals surface area contributed by atoms with Crippen LogP contribution in [-0.4, -0.2) is 205 Å². The number of nitrogens with two attached hydrogens (primary N) is 4. The monoisotopic (exact) mass is 2090 g/mol. The molecule has 742 valence electrons. The molecule has 0 spiro atoms. The Hall–Kier alpha value is -11.2. The second-order valence-electron chi connectivity index (χ2n) is 30.5. The van der Waals surface area contributed by atoms with Crippen molar-refractivity contribution in [1.29, 1.82) is 0 Å². The molecule has 4 aromatic carbocycles. The zero-order valence-corrected chi connectivity index (χ0v) is 83.0. The van der Waals surface area contributed by atoms with Gasteiger partial charge in [-0.2, -0.15) is 19.9 Å². The summed E-state index contributed by atoms with van der Waals surface area (Å²) in [5.74, 6) is -2.10. The number of nitrogens with zero attached hydrogens (tertiary/aromatic N) is 12. The molecular weight excluding hydrogens is 1980 g/mol. The molecule has 0 saturated heterocycles. The number of aryl methyl sites for hydroxylation is 2. The Labute approximate surface area is 795 Å². The average Bonchev–Trinajstić information content (AvgIpc) is 1.67. The fourth-order valence-corrected chi connectivity index (χ4v) is 20.0. The summed E-state index contributed by atoms with van der Waals surface area (Å²) < 4.78 is 153. The maximum atomic E-state index is 13.8. The first-order chi connectivity index (χ1) is 64.8. The molecule has 56 heteroatoms. The second kappa shape index (κ2) is 50.4. The third-order valence-electron chi connectivity index (χ3n) is 19.5. The highest BCUT2D eigenvalue weighted by molar-refractivity contribution is 9.10. The minimum Gasteiger partial charge on any atom is -0.465 e. The van der Waals surface area contributed by atoms with Crippen LogP contribution in [0.25, 0.3) is 44.7 Å². The van der Waals surface area contributed by atoms with Crippen molar-refractivity contribution in [3.8, 4) is 0 Å². The van der Waals surface area contributed by atoms with E-state index in [9.17, 15) is 69.4 Å². The smallest absolute Gasteiger partial charge is 0.323 e. The predicted molar refractivity (Wildman–Crippen MR) is 509 cm³/mol. The number of carbonyl (C=O) groups excluding carboxylic acids is 4. The van der Waals surface area contributed by atoms with Crippen molar-refractivity contribution in [3.63, 3.8) is 0 Å². The highest BCUT2D eigenvalue weighted by Crippen LogP contribution is 2.48. The first-order valence-corrected chi connectivity index (χ1v) is 52.1. The number of imidazole rings is 4. The number of rotatable bonds is 47. The number of nitrogen functional groups attached to an aromatic ring is 4. The van der Waals surface area contributed by atoms with Crippen LogP contribution < -0.4 is 65.5 Å². The molecule has 8 aromatic heterocycles. The van der Waals surface area contributed by atoms with Crippen LogP contribution in [0.1, 0.15) is 88.8 Å². The number of sulfone groups is 1. The molecule has 8 heterocycles. The third kappa shape index (κ3) is 33.0. The van der Waals surface area contributed by atoms with Gasteiger partial charge in [0.05, 0.1) is 108 Å². The number of benzene rings is 4. The van der Waals surface area contributed by atoms with Crippen LogP contribution in [-0.2, 0) is 146 Å². The number of esters is 2. The standard InChI is InChI=1S/C21H28ClN6O6P.C21H29N6O8PS.C20H26FN6O5P.C19H24BrN6O5P/c1-4-33-20(30)14(3)27-35(31,34-10-15-6-5-13(2)16(22)9-15)12-32-8-7-28-11-24-17-18(28)25-21(23)26-19(17)29;1-4-34-20(29)14(2)26-36(30,35-11-15-5-7-16(8-6-15)37(3,31)32)13-33-10-9-27-12-23-17-18(27)24-21(22)25-19(17)28;1-12-4-5-15(8-16(12)21)9-32-33(30,26-13(2)14(3)28)11-31-7-6-27-10-23-17-18(27)24-20(22)25-19(17)29;1-12(13(2)27)25-32(29,31-9-14-4-3-5-15(20)8-14)11-30-7-6-26-10-22-16-17(26)23-19(21)24-18(16)28/h5-6,9,11,14H,4,7-8,10,12H2,1-3H3,(H,27,31)(H3,23,25,26,29);5-8,12,14H,4,9-11,13H2,1-3H3,(H,26,30)(H3,22,24,25,28);4-5,8,10,13H,6-7,9,11H2,1-3H3,(H,26,30)(H3,22,24,25,29);3-5,8,10,12H,6-7,9,11H2,1-2H3,(H,25,29)(H3,21,23,24,28)/t14-,35?;14-,36?;13-,33?;12-,32?/m0000/s1. The zero-order chi connectivity index (χ0) is 100. The normalized spacial score (nSPS) is 14.3. The van der Waals surface area contributed by atoms with E-state index < -0.39 is 104 Å². The van der Waals surface area contributed by atoms with Gasteiger partial charge in [-0.15, -0.1) is 0 Å². The quantitative estimate of drug-likeness (QED) is 0.00972. The number of aromatic nitrogens is 16. The van der Waals surface area contributed by atoms with Gasteiger partial charge in [-0.3, -0.25) is 76.6 Å². The van der Waals surface area contributed by atoms with Gasteiger partial charge in [-0.25, -0.2) is 53.1 Å². The van der Waals surface area contributed by atoms with Crippen LogP contribution in [0.5, 0.6) is 0 Å². The Morgan fingerprint density at radius 3 is 1.06 bits per heavy atom. The molecule has 4 unspecified atom stereocenters. The molecular formula is C81H107BrClFN24O24P4S. The average molecular weight is 2090 g/mol. The van der Waals surface area contributed by atoms with Crippen molar-refractivity contribution in [2.24, 2.45) is 0 Å². The van der Waals surface area contributed by atoms with Crippen molar-refractivity contribution in [2.45, 2.75) is 151 Å². The number of H-pyrrole nitrogens is 4. The van der Waals surface area contributed by atoms with Gasteiger partial charge >= 0.3 is 11.9 Å². The van der Waals surface area contributed by atoms with Gasteiger partial charge in [0.15, 0.2) is 54.5 Å². The molecule has 0 aliphatic heterocycles. The first-order valence-electron chi connectivity index (χ1n) is 41.8. The SMILES string of the molecule is CC(=O)[C@H](C)NP(=O)(COCCn1cnc2c(=O)[nH]c(N)nc21)OCc1ccc(C)c(F)c1.CC(=O)[C@H](C)NP(=O)(COCCn1cnc2c(=O)[nH]c(N)nc21)OCc1cccc(Br)c1.CCOC(=O)[C@H](C)NP(=O)(COCCn1cnc2c(=O)[nH]c(N)nc21)OCc1ccc(C)c(Cl)c1.CCOC(=O)[C@H](C)NP(=O)(COCCn1cnc2c(=O)[nH]c(N)nc21)OCc1ccc(S(C)(=O)=O)cc1. The lowest BCUT2D eigenvalue weighted by atomic mass is 10.1. The number of fused-ring (bicyclic) bond motifs is 4. The number of ether oxygens (including phenoxy) is 6. The molecule has 12 rings (SSSR count). The number of hydrogen-bond acceptors (Lipinski definition) is 36. The van der Waals surface area contributed by atoms with Crippen LogP contribution >= 0.6 is 57.6 Å². The van der Waals surface area contributed by atoms with E-state index in [2.05, 4.69) is 96.1 Å². The Balaban J connectivity index is 0.000000205. The van der Waals surface area contributed by atoms with Crippen LogP contribution in [0.2, 0.25) is 5.02 Å². The van der Waals surface area contributed by atoms with Crippen molar-refractivity contribution < 1.29 is 96.8 Å². The molecule has 16 N–H and O–H groups in total. The molecule has 48 nitrogen and oxygen atoms in total. The zero-order valence-electron chi connectivity index (χ0n) is 76.2. The summed E-state index contributed by atoms with van der Waals surface area (Å²) in [5.41, 5.74) is 26.3. The molecule has 0 aliphatic rings. The summed E-state index contributed by atoms with van der Waals surface area (Å²) in [7, 11) is -17.9. The largest absolute Gasteiger partial charge is 0.465 e. The van der Waals surface area contributed by atoms with Crippen LogP contribution in [0.15, 0.2) is 139 Å². The summed E-state index contributed by atoms with van der Waals surface area (Å²) in [6.07, 6.45) is 5.54. The maximum Gasteiger partial charge on any atom is 0.323 e. The van der Waals surface area contributed by atoms with Gasteiger partial charge in [0.2, 0.25) is 23.8 Å². The Kier molecular flexibility index (Phi) is 40.3. The Morgan fingerprint density at radius 1 is 0.460 bits per heavy atom. The van der Waals surface area contributed by atoms with E-state index in [1.165, 1.54) is 71.2 Å². The number of nitrogens with one attached hydrogen (secondary N) is 8. The molecule has 0 saturated carbocycles. The fourth-order valence-electron chi connectivity index (χ4n) is 12.0. The van der Waals surface area contributed by atoms with Crippen molar-refractivity contribution in [3.05, 3.63) is 200 Å². The topological polar surface area (TPSA) is 669 Å². The fraction of sp³-hybridized carbons (Fsp3) is 0.407. The van der Waals surface area contributed by atoms with Crippen LogP contribution in [0.3, 0.4) is 0 Å². The van der Waals surface area contributed by atoms with Gasteiger partial charge in [0, 0.05) is 41.9 Å². The summed E-state index contributed by atoms with van der Waals surface area (Å²) in [4.78, 5) is 137. The van der Waals surface area contributed by atoms with E-state index in [1.54, 1.807) is 83.2 Å². The summed E-state index contributed by atoms with van der Waals surface area (Å²) in [5, 5.41) is 11.4. The van der Waals surface area contributed by atoms with Crippen molar-refractivity contribution in [1.82, 2.24) is 98.4 Å². The highest BCUT2D eigenvalue weighted by Gasteiger charge is 2.34. The van der Waals surface area contributed by atoms with Crippen LogP contribution in [0, 0.1) is 19.7 Å². The number of hydrogen-bond donors (Lipinski definition) is 12. The molecule has 0 aliphatic carbocycles. The van der Waals surface area contributed by atoms with Crippen molar-refractivity contribution >= 4 is 159 Å². The van der Waals surface area contributed by atoms with E-state index in [0.717, 1.165) is 21.9 Å². The van der Waals surface area contributed by atoms with Crippen LogP contribution in [0.4, 0.5) is 28.2 Å². The summed E-state index contributed by atoms with van der Waals surface area (Å²) >= 11 is 9.56. The molecule has 137 heavy (non-hydrogen) atoms. The third-order valence-corrected chi connectivity index (χ3v) is 28.9. The van der Waals surface area contributed by atoms with E-state index in [-0.39, 0.29) is 179 Å². The summed E-state index contributed by atoms with van der Waals surface area (Å²) in [6, 6.07) is 20.1. The van der Waals surface area contributed by atoms with E-state index in [1.807, 2.05) is 43.3 Å². The minimum absolute atomic E-state index is 0.0126. The highest BCUT2D eigenvalue weighted by atomic mass is 79.9. The maximum absolute atomic E-state index is 13.8. The van der Waals surface area contributed by atoms with Gasteiger partial charge in [0.1, 0.15) is 54.9 Å². The number of Topliss-reactive ketones (excluding diaryl/α,β-unsaturated/α-hetero) is 2.